The topological polar surface area (TPSA) is 102 Å². The molecule has 0 aliphatic rings. The number of nitrogens with one attached hydrogen (secondary N) is 1. The van der Waals surface area contributed by atoms with Crippen LogP contribution in [0, 0.1) is 6.92 Å². The minimum absolute atomic E-state index is 0.0688. The standard InChI is InChI=1S/C12H12N2O5S/c1-7-6-20-12(18)14(7)5-10(15)13-4-8-2-3-9(19-8)11(16)17/h2-3,6H,4-5H2,1H3,(H,13,15)(H,16,17). The van der Waals surface area contributed by atoms with E-state index < -0.39 is 5.97 Å². The van der Waals surface area contributed by atoms with E-state index in [0.29, 0.717) is 5.76 Å². The van der Waals surface area contributed by atoms with Crippen LogP contribution >= 0.6 is 11.3 Å². The van der Waals surface area contributed by atoms with E-state index in [9.17, 15) is 14.4 Å². The van der Waals surface area contributed by atoms with Crippen molar-refractivity contribution in [2.75, 3.05) is 0 Å². The second kappa shape index (κ2) is 5.74. The summed E-state index contributed by atoms with van der Waals surface area (Å²) in [4.78, 5) is 33.6. The van der Waals surface area contributed by atoms with Crippen molar-refractivity contribution in [2.45, 2.75) is 20.0 Å². The van der Waals surface area contributed by atoms with Gasteiger partial charge in [-0.25, -0.2) is 4.79 Å². The van der Waals surface area contributed by atoms with Crippen LogP contribution in [0.3, 0.4) is 0 Å². The van der Waals surface area contributed by atoms with E-state index in [0.717, 1.165) is 17.0 Å². The molecule has 0 bridgehead atoms. The molecule has 2 aromatic heterocycles. The monoisotopic (exact) mass is 296 g/mol. The second-order valence-electron chi connectivity index (χ2n) is 4.08. The van der Waals surface area contributed by atoms with Gasteiger partial charge in [-0.3, -0.25) is 14.2 Å². The molecule has 0 saturated heterocycles. The highest BCUT2D eigenvalue weighted by Crippen LogP contribution is 2.07. The average Bonchev–Trinajstić information content (AvgIpc) is 2.98. The first-order valence-electron chi connectivity index (χ1n) is 5.71. The molecular formula is C12H12N2O5S. The highest BCUT2D eigenvalue weighted by molar-refractivity contribution is 7.07. The predicted molar refractivity (Wildman–Crippen MR) is 70.8 cm³/mol. The van der Waals surface area contributed by atoms with Crippen LogP contribution in [0.4, 0.5) is 0 Å². The van der Waals surface area contributed by atoms with Gasteiger partial charge in [0.1, 0.15) is 12.3 Å². The van der Waals surface area contributed by atoms with E-state index in [1.165, 1.54) is 16.7 Å². The van der Waals surface area contributed by atoms with Crippen LogP contribution in [0.15, 0.2) is 26.7 Å². The van der Waals surface area contributed by atoms with Gasteiger partial charge in [0.25, 0.3) is 0 Å². The Balaban J connectivity index is 1.92. The van der Waals surface area contributed by atoms with E-state index in [1.54, 1.807) is 12.3 Å². The molecule has 2 heterocycles. The zero-order valence-corrected chi connectivity index (χ0v) is 11.4. The lowest BCUT2D eigenvalue weighted by Crippen LogP contribution is -2.30. The Morgan fingerprint density at radius 1 is 1.45 bits per heavy atom. The molecule has 2 aromatic rings. The molecule has 0 aliphatic carbocycles. The van der Waals surface area contributed by atoms with Crippen molar-refractivity contribution >= 4 is 23.2 Å². The Hall–Kier alpha value is -2.35. The third-order valence-corrected chi connectivity index (χ3v) is 3.49. The Morgan fingerprint density at radius 3 is 2.75 bits per heavy atom. The number of amides is 1. The van der Waals surface area contributed by atoms with E-state index in [-0.39, 0.29) is 29.6 Å². The molecule has 1 amide bonds. The summed E-state index contributed by atoms with van der Waals surface area (Å²) in [5.74, 6) is -1.35. The first kappa shape index (κ1) is 14.1. The molecule has 106 valence electrons. The third-order valence-electron chi connectivity index (χ3n) is 2.61. The zero-order valence-electron chi connectivity index (χ0n) is 10.6. The Labute approximate surface area is 117 Å². The van der Waals surface area contributed by atoms with Crippen molar-refractivity contribution < 1.29 is 19.1 Å². The van der Waals surface area contributed by atoms with Crippen LogP contribution in [0.5, 0.6) is 0 Å². The van der Waals surface area contributed by atoms with Crippen molar-refractivity contribution in [2.24, 2.45) is 0 Å². The molecule has 0 atom stereocenters. The van der Waals surface area contributed by atoms with Crippen LogP contribution in [0.2, 0.25) is 0 Å². The van der Waals surface area contributed by atoms with E-state index in [1.807, 2.05) is 0 Å². The lowest BCUT2D eigenvalue weighted by Gasteiger charge is -2.05. The highest BCUT2D eigenvalue weighted by Gasteiger charge is 2.11. The van der Waals surface area contributed by atoms with Gasteiger partial charge in [0.2, 0.25) is 11.7 Å². The van der Waals surface area contributed by atoms with Crippen LogP contribution in [-0.4, -0.2) is 21.6 Å². The maximum Gasteiger partial charge on any atom is 0.371 e. The SMILES string of the molecule is Cc1csc(=O)n1CC(=O)NCc1ccc(C(=O)O)o1. The van der Waals surface area contributed by atoms with Gasteiger partial charge in [0, 0.05) is 11.1 Å². The van der Waals surface area contributed by atoms with Gasteiger partial charge in [-0.1, -0.05) is 11.3 Å². The van der Waals surface area contributed by atoms with Gasteiger partial charge >= 0.3 is 10.8 Å². The fraction of sp³-hybridized carbons (Fsp3) is 0.250. The van der Waals surface area contributed by atoms with Gasteiger partial charge in [-0.15, -0.1) is 0 Å². The molecule has 2 N–H and O–H groups in total. The number of aromatic nitrogens is 1. The number of carbonyl (C=O) groups is 2. The first-order valence-corrected chi connectivity index (χ1v) is 6.59. The van der Waals surface area contributed by atoms with Crippen LogP contribution < -0.4 is 10.2 Å². The number of rotatable bonds is 5. The summed E-state index contributed by atoms with van der Waals surface area (Å²) in [5.41, 5.74) is 0.723. The number of thiazole rings is 1. The fourth-order valence-corrected chi connectivity index (χ4v) is 2.30. The molecule has 0 spiro atoms. The first-order chi connectivity index (χ1) is 9.47. The molecule has 7 nitrogen and oxygen atoms in total. The predicted octanol–water partition coefficient (Wildman–Crippen LogP) is 0.826. The minimum Gasteiger partial charge on any atom is -0.475 e. The number of carboxylic acids is 1. The summed E-state index contributed by atoms with van der Waals surface area (Å²) < 4.78 is 6.36. The molecule has 0 unspecified atom stereocenters. The van der Waals surface area contributed by atoms with Crippen molar-refractivity contribution in [3.63, 3.8) is 0 Å². The minimum atomic E-state index is -1.16. The summed E-state index contributed by atoms with van der Waals surface area (Å²) in [6.45, 7) is 1.75. The Morgan fingerprint density at radius 2 is 2.20 bits per heavy atom. The lowest BCUT2D eigenvalue weighted by molar-refractivity contribution is -0.122. The Bertz CT molecular complexity index is 697. The molecule has 8 heteroatoms. The number of aromatic carboxylic acids is 1. The van der Waals surface area contributed by atoms with E-state index in [2.05, 4.69) is 5.32 Å². The maximum atomic E-state index is 11.7. The fourth-order valence-electron chi connectivity index (χ4n) is 1.57. The molecular weight excluding hydrogens is 284 g/mol. The molecule has 20 heavy (non-hydrogen) atoms. The summed E-state index contributed by atoms with van der Waals surface area (Å²) in [5, 5.41) is 12.9. The summed E-state index contributed by atoms with van der Waals surface area (Å²) in [7, 11) is 0. The van der Waals surface area contributed by atoms with Crippen molar-refractivity contribution in [3.05, 3.63) is 44.4 Å². The number of furan rings is 1. The number of carbonyl (C=O) groups excluding carboxylic acids is 1. The average molecular weight is 296 g/mol. The van der Waals surface area contributed by atoms with Crippen LogP contribution in [0.1, 0.15) is 22.0 Å². The van der Waals surface area contributed by atoms with Crippen LogP contribution in [-0.2, 0) is 17.9 Å². The number of carboxylic acid groups (broad SMARTS) is 1. The number of aryl methyl sites for hydroxylation is 1. The molecule has 0 aromatic carbocycles. The zero-order chi connectivity index (χ0) is 14.7. The van der Waals surface area contributed by atoms with Gasteiger partial charge in [0.05, 0.1) is 6.54 Å². The van der Waals surface area contributed by atoms with Crippen LogP contribution in [0.25, 0.3) is 0 Å². The quantitative estimate of drug-likeness (QED) is 0.850. The maximum absolute atomic E-state index is 11.7. The van der Waals surface area contributed by atoms with Crippen molar-refractivity contribution in [1.29, 1.82) is 0 Å². The van der Waals surface area contributed by atoms with Crippen molar-refractivity contribution in [1.82, 2.24) is 9.88 Å². The summed E-state index contributed by atoms with van der Waals surface area (Å²) in [6.07, 6.45) is 0. The normalized spacial score (nSPS) is 10.4. The van der Waals surface area contributed by atoms with E-state index in [4.69, 9.17) is 9.52 Å². The molecule has 0 radical (unpaired) electrons. The molecule has 0 saturated carbocycles. The van der Waals surface area contributed by atoms with Gasteiger partial charge in [0.15, 0.2) is 0 Å². The number of hydrogen-bond acceptors (Lipinski definition) is 5. The van der Waals surface area contributed by atoms with Gasteiger partial charge < -0.3 is 14.8 Å². The molecule has 0 aliphatic heterocycles. The Kier molecular flexibility index (Phi) is 4.04. The second-order valence-corrected chi connectivity index (χ2v) is 4.90. The number of hydrogen-bond donors (Lipinski definition) is 2. The molecule has 0 fully saturated rings. The largest absolute Gasteiger partial charge is 0.475 e. The van der Waals surface area contributed by atoms with E-state index >= 15 is 0 Å². The molecule has 2 rings (SSSR count). The smallest absolute Gasteiger partial charge is 0.371 e. The van der Waals surface area contributed by atoms with Gasteiger partial charge in [-0.2, -0.15) is 0 Å². The van der Waals surface area contributed by atoms with Crippen molar-refractivity contribution in [3.8, 4) is 0 Å². The highest BCUT2D eigenvalue weighted by atomic mass is 32.1. The number of nitrogens with zero attached hydrogens (tertiary/aromatic N) is 1. The summed E-state index contributed by atoms with van der Waals surface area (Å²) in [6, 6.07) is 2.79. The lowest BCUT2D eigenvalue weighted by atomic mass is 10.4. The summed E-state index contributed by atoms with van der Waals surface area (Å²) >= 11 is 1.04. The van der Waals surface area contributed by atoms with Gasteiger partial charge in [-0.05, 0) is 19.1 Å². The third kappa shape index (κ3) is 3.15.